The van der Waals surface area contributed by atoms with Gasteiger partial charge in [-0.25, -0.2) is 0 Å². The first kappa shape index (κ1) is 18.5. The van der Waals surface area contributed by atoms with Gasteiger partial charge in [-0.05, 0) is 36.5 Å². The van der Waals surface area contributed by atoms with E-state index in [0.717, 1.165) is 38.5 Å². The summed E-state index contributed by atoms with van der Waals surface area (Å²) in [5.41, 5.74) is 4.31. The minimum Gasteiger partial charge on any atom is -0.491 e. The van der Waals surface area contributed by atoms with Crippen LogP contribution in [0, 0.1) is 0 Å². The number of hydrogen-bond acceptors (Lipinski definition) is 4. The van der Waals surface area contributed by atoms with Gasteiger partial charge in [-0.3, -0.25) is 9.80 Å². The van der Waals surface area contributed by atoms with E-state index in [1.165, 1.54) is 24.8 Å². The quantitative estimate of drug-likeness (QED) is 0.853. The molecule has 1 heterocycles. The van der Waals surface area contributed by atoms with Gasteiger partial charge in [0, 0.05) is 44.3 Å². The summed E-state index contributed by atoms with van der Waals surface area (Å²) in [4.78, 5) is 5.22. The van der Waals surface area contributed by atoms with Crippen molar-refractivity contribution in [2.24, 2.45) is 0 Å². The Morgan fingerprint density at radius 1 is 0.926 bits per heavy atom. The molecule has 1 fully saturated rings. The van der Waals surface area contributed by atoms with Crippen LogP contribution >= 0.6 is 0 Å². The zero-order valence-corrected chi connectivity index (χ0v) is 16.0. The number of nitrogens with zero attached hydrogens (tertiary/aromatic N) is 2. The predicted octanol–water partition coefficient (Wildman–Crippen LogP) is 2.73. The molecule has 4 heteroatoms. The van der Waals surface area contributed by atoms with Crippen molar-refractivity contribution in [2.45, 2.75) is 31.8 Å². The Morgan fingerprint density at radius 2 is 1.67 bits per heavy atom. The van der Waals surface area contributed by atoms with E-state index in [4.69, 9.17) is 9.84 Å². The minimum atomic E-state index is 0.0531. The van der Waals surface area contributed by atoms with Gasteiger partial charge in [-0.1, -0.05) is 42.5 Å². The van der Waals surface area contributed by atoms with Gasteiger partial charge in [0.1, 0.15) is 12.4 Å². The van der Waals surface area contributed by atoms with Gasteiger partial charge >= 0.3 is 0 Å². The van der Waals surface area contributed by atoms with Crippen LogP contribution in [0.25, 0.3) is 0 Å². The number of aliphatic hydroxyl groups is 1. The molecule has 0 unspecified atom stereocenters. The molecule has 27 heavy (non-hydrogen) atoms. The standard InChI is InChI=1S/C23H30N2O2/c26-15-16-27-23-8-4-3-7-21(23)18-24-11-13-25(14-12-24)22-10-9-19-5-1-2-6-20(19)17-22/h1-8,22,26H,9-18H2/t22-/m1/s1. The first-order chi connectivity index (χ1) is 13.3. The fraction of sp³-hybridized carbons (Fsp3) is 0.478. The van der Waals surface area contributed by atoms with Crippen molar-refractivity contribution in [3.8, 4) is 5.75 Å². The van der Waals surface area contributed by atoms with Crippen molar-refractivity contribution in [3.63, 3.8) is 0 Å². The third-order valence-corrected chi connectivity index (χ3v) is 5.96. The number of aliphatic hydroxyl groups excluding tert-OH is 1. The average molecular weight is 367 g/mol. The van der Waals surface area contributed by atoms with Gasteiger partial charge in [0.05, 0.1) is 6.61 Å². The zero-order chi connectivity index (χ0) is 18.5. The Labute approximate surface area is 162 Å². The van der Waals surface area contributed by atoms with Crippen LogP contribution in [0.4, 0.5) is 0 Å². The lowest BCUT2D eigenvalue weighted by Gasteiger charge is -2.41. The van der Waals surface area contributed by atoms with Gasteiger partial charge in [0.2, 0.25) is 0 Å². The first-order valence-electron chi connectivity index (χ1n) is 10.2. The third kappa shape index (κ3) is 4.52. The maximum absolute atomic E-state index is 9.01. The van der Waals surface area contributed by atoms with Crippen LogP contribution in [0.3, 0.4) is 0 Å². The van der Waals surface area contributed by atoms with E-state index in [1.807, 2.05) is 12.1 Å². The molecule has 4 nitrogen and oxygen atoms in total. The van der Waals surface area contributed by atoms with E-state index in [9.17, 15) is 0 Å². The lowest BCUT2D eigenvalue weighted by molar-refractivity contribution is 0.0849. The van der Waals surface area contributed by atoms with E-state index in [2.05, 4.69) is 46.2 Å². The molecule has 0 spiro atoms. The number of fused-ring (bicyclic) bond motifs is 1. The summed E-state index contributed by atoms with van der Waals surface area (Å²) >= 11 is 0. The summed E-state index contributed by atoms with van der Waals surface area (Å²) in [6.07, 6.45) is 3.71. The summed E-state index contributed by atoms with van der Waals surface area (Å²) in [7, 11) is 0. The molecular formula is C23H30N2O2. The number of hydrogen-bond donors (Lipinski definition) is 1. The van der Waals surface area contributed by atoms with Crippen LogP contribution in [-0.2, 0) is 19.4 Å². The normalized spacial score (nSPS) is 21.0. The summed E-state index contributed by atoms with van der Waals surface area (Å²) in [5.74, 6) is 0.901. The highest BCUT2D eigenvalue weighted by Crippen LogP contribution is 2.26. The fourth-order valence-corrected chi connectivity index (χ4v) is 4.45. The van der Waals surface area contributed by atoms with Crippen molar-refractivity contribution in [1.82, 2.24) is 9.80 Å². The zero-order valence-electron chi connectivity index (χ0n) is 16.0. The lowest BCUT2D eigenvalue weighted by atomic mass is 9.87. The Balaban J connectivity index is 1.31. The Hall–Kier alpha value is -1.88. The van der Waals surface area contributed by atoms with E-state index in [-0.39, 0.29) is 6.61 Å². The maximum atomic E-state index is 9.01. The number of piperazine rings is 1. The molecule has 1 saturated heterocycles. The van der Waals surface area contributed by atoms with E-state index >= 15 is 0 Å². The number of para-hydroxylation sites is 1. The van der Waals surface area contributed by atoms with Crippen LogP contribution in [-0.4, -0.2) is 60.3 Å². The first-order valence-corrected chi connectivity index (χ1v) is 10.2. The number of aryl methyl sites for hydroxylation is 1. The Morgan fingerprint density at radius 3 is 2.48 bits per heavy atom. The molecule has 2 aromatic carbocycles. The molecular weight excluding hydrogens is 336 g/mol. The molecule has 4 rings (SSSR count). The van der Waals surface area contributed by atoms with Crippen molar-refractivity contribution in [2.75, 3.05) is 39.4 Å². The second-order valence-electron chi connectivity index (χ2n) is 7.66. The molecule has 0 saturated carbocycles. The Bertz CT molecular complexity index is 741. The van der Waals surface area contributed by atoms with E-state index < -0.39 is 0 Å². The number of ether oxygens (including phenoxy) is 1. The summed E-state index contributed by atoms with van der Waals surface area (Å²) in [6, 6.07) is 17.8. The Kier molecular flexibility index (Phi) is 6.07. The third-order valence-electron chi connectivity index (χ3n) is 5.96. The molecule has 1 aliphatic heterocycles. The summed E-state index contributed by atoms with van der Waals surface area (Å²) in [5, 5.41) is 9.01. The summed E-state index contributed by atoms with van der Waals surface area (Å²) < 4.78 is 5.69. The minimum absolute atomic E-state index is 0.0531. The SMILES string of the molecule is OCCOc1ccccc1CN1CCN([C@@H]2CCc3ccccc3C2)CC1. The molecule has 1 atom stereocenters. The smallest absolute Gasteiger partial charge is 0.123 e. The molecule has 1 aliphatic carbocycles. The monoisotopic (exact) mass is 366 g/mol. The highest BCUT2D eigenvalue weighted by atomic mass is 16.5. The molecule has 2 aromatic rings. The summed E-state index contributed by atoms with van der Waals surface area (Å²) in [6.45, 7) is 5.83. The van der Waals surface area contributed by atoms with Crippen LogP contribution in [0.5, 0.6) is 5.75 Å². The maximum Gasteiger partial charge on any atom is 0.123 e. The molecule has 0 radical (unpaired) electrons. The molecule has 1 N–H and O–H groups in total. The predicted molar refractivity (Wildman–Crippen MR) is 108 cm³/mol. The van der Waals surface area contributed by atoms with Crippen LogP contribution in [0.15, 0.2) is 48.5 Å². The largest absolute Gasteiger partial charge is 0.491 e. The second-order valence-corrected chi connectivity index (χ2v) is 7.66. The van der Waals surface area contributed by atoms with Crippen molar-refractivity contribution in [3.05, 3.63) is 65.2 Å². The number of rotatable bonds is 6. The van der Waals surface area contributed by atoms with Crippen molar-refractivity contribution in [1.29, 1.82) is 0 Å². The fourth-order valence-electron chi connectivity index (χ4n) is 4.45. The molecule has 144 valence electrons. The topological polar surface area (TPSA) is 35.9 Å². The molecule has 2 aliphatic rings. The van der Waals surface area contributed by atoms with Crippen LogP contribution in [0.1, 0.15) is 23.1 Å². The van der Waals surface area contributed by atoms with E-state index in [0.29, 0.717) is 12.6 Å². The molecule has 0 amide bonds. The van der Waals surface area contributed by atoms with Crippen LogP contribution in [0.2, 0.25) is 0 Å². The van der Waals surface area contributed by atoms with Crippen molar-refractivity contribution >= 4 is 0 Å². The highest BCUT2D eigenvalue weighted by molar-refractivity contribution is 5.33. The molecule has 0 bridgehead atoms. The van der Waals surface area contributed by atoms with E-state index in [1.54, 1.807) is 11.1 Å². The van der Waals surface area contributed by atoms with Gasteiger partial charge in [0.15, 0.2) is 0 Å². The highest BCUT2D eigenvalue weighted by Gasteiger charge is 2.27. The average Bonchev–Trinajstić information content (AvgIpc) is 2.73. The van der Waals surface area contributed by atoms with Gasteiger partial charge < -0.3 is 9.84 Å². The van der Waals surface area contributed by atoms with Crippen molar-refractivity contribution < 1.29 is 9.84 Å². The van der Waals surface area contributed by atoms with Gasteiger partial charge in [-0.15, -0.1) is 0 Å². The van der Waals surface area contributed by atoms with Crippen LogP contribution < -0.4 is 4.74 Å². The molecule has 0 aromatic heterocycles. The lowest BCUT2D eigenvalue weighted by Crippen LogP contribution is -2.51. The van der Waals surface area contributed by atoms with Gasteiger partial charge in [0.25, 0.3) is 0 Å². The number of benzene rings is 2. The second kappa shape index (κ2) is 8.87. The van der Waals surface area contributed by atoms with Gasteiger partial charge in [-0.2, -0.15) is 0 Å².